The minimum absolute atomic E-state index is 0.00825. The standard InChI is InChI=1S/C18H19Cl2N5O/c1-11(2)25-17-13(8-21-25)18(26)24-6-5-23(10-16(24)22-17)9-12-3-4-14(19)15(20)7-12/h3-4,7-8,11H,5-6,9-10H2,1-2H3. The minimum atomic E-state index is -0.00825. The van der Waals surface area contributed by atoms with Crippen LogP contribution >= 0.6 is 23.2 Å². The van der Waals surface area contributed by atoms with E-state index in [0.29, 0.717) is 34.2 Å². The second kappa shape index (κ2) is 6.68. The molecule has 0 radical (unpaired) electrons. The first-order valence-electron chi connectivity index (χ1n) is 8.57. The highest BCUT2D eigenvalue weighted by Gasteiger charge is 2.22. The fourth-order valence-corrected chi connectivity index (χ4v) is 3.66. The normalized spacial score (nSPS) is 15.0. The van der Waals surface area contributed by atoms with Crippen LogP contribution in [0.25, 0.3) is 11.0 Å². The van der Waals surface area contributed by atoms with Crippen molar-refractivity contribution in [2.75, 3.05) is 6.54 Å². The van der Waals surface area contributed by atoms with Crippen molar-refractivity contribution in [3.8, 4) is 0 Å². The molecule has 0 amide bonds. The van der Waals surface area contributed by atoms with Gasteiger partial charge in [-0.2, -0.15) is 5.10 Å². The summed E-state index contributed by atoms with van der Waals surface area (Å²) in [6.45, 7) is 6.79. The van der Waals surface area contributed by atoms with Gasteiger partial charge in [-0.05, 0) is 31.5 Å². The van der Waals surface area contributed by atoms with E-state index >= 15 is 0 Å². The fourth-order valence-electron chi connectivity index (χ4n) is 3.34. The summed E-state index contributed by atoms with van der Waals surface area (Å²) >= 11 is 12.1. The second-order valence-electron chi connectivity index (χ2n) is 6.86. The third-order valence-electron chi connectivity index (χ3n) is 4.68. The Labute approximate surface area is 161 Å². The lowest BCUT2D eigenvalue weighted by molar-refractivity contribution is 0.204. The summed E-state index contributed by atoms with van der Waals surface area (Å²) in [6, 6.07) is 5.82. The molecule has 0 fully saturated rings. The number of hydrogen-bond acceptors (Lipinski definition) is 4. The Balaban J connectivity index is 1.66. The maximum absolute atomic E-state index is 12.8. The van der Waals surface area contributed by atoms with Gasteiger partial charge in [-0.15, -0.1) is 0 Å². The molecule has 1 aliphatic rings. The molecule has 8 heteroatoms. The zero-order valence-electron chi connectivity index (χ0n) is 14.6. The van der Waals surface area contributed by atoms with Gasteiger partial charge in [-0.25, -0.2) is 9.67 Å². The monoisotopic (exact) mass is 391 g/mol. The highest BCUT2D eigenvalue weighted by atomic mass is 35.5. The number of hydrogen-bond donors (Lipinski definition) is 0. The summed E-state index contributed by atoms with van der Waals surface area (Å²) in [5.74, 6) is 0.774. The van der Waals surface area contributed by atoms with Gasteiger partial charge in [0.15, 0.2) is 5.65 Å². The van der Waals surface area contributed by atoms with Gasteiger partial charge in [0, 0.05) is 25.7 Å². The molecule has 2 aromatic heterocycles. The molecule has 0 saturated carbocycles. The highest BCUT2D eigenvalue weighted by Crippen LogP contribution is 2.24. The SMILES string of the molecule is CC(C)n1ncc2c(=O)n3c(nc21)CN(Cc1ccc(Cl)c(Cl)c1)CC3. The molecule has 6 nitrogen and oxygen atoms in total. The van der Waals surface area contributed by atoms with Crippen LogP contribution in [0.2, 0.25) is 10.0 Å². The van der Waals surface area contributed by atoms with Crippen molar-refractivity contribution < 1.29 is 0 Å². The van der Waals surface area contributed by atoms with Crippen molar-refractivity contribution in [2.24, 2.45) is 0 Å². The Bertz CT molecular complexity index is 1040. The molecule has 0 N–H and O–H groups in total. The van der Waals surface area contributed by atoms with Gasteiger partial charge in [-0.3, -0.25) is 14.3 Å². The lowest BCUT2D eigenvalue weighted by atomic mass is 10.2. The quantitative estimate of drug-likeness (QED) is 0.685. The Kier molecular flexibility index (Phi) is 4.50. The number of benzene rings is 1. The van der Waals surface area contributed by atoms with Gasteiger partial charge in [0.2, 0.25) is 0 Å². The summed E-state index contributed by atoms with van der Waals surface area (Å²) in [5.41, 5.74) is 1.74. The van der Waals surface area contributed by atoms with E-state index in [1.165, 1.54) is 0 Å². The van der Waals surface area contributed by atoms with E-state index in [1.54, 1.807) is 15.4 Å². The molecule has 0 bridgehead atoms. The van der Waals surface area contributed by atoms with Crippen LogP contribution in [0.15, 0.2) is 29.2 Å². The number of aromatic nitrogens is 4. The van der Waals surface area contributed by atoms with Crippen molar-refractivity contribution in [1.29, 1.82) is 0 Å². The maximum atomic E-state index is 12.8. The van der Waals surface area contributed by atoms with Gasteiger partial charge < -0.3 is 0 Å². The molecule has 0 unspecified atom stereocenters. The van der Waals surface area contributed by atoms with E-state index in [-0.39, 0.29) is 11.6 Å². The van der Waals surface area contributed by atoms with Crippen molar-refractivity contribution in [3.05, 3.63) is 56.2 Å². The zero-order chi connectivity index (χ0) is 18.4. The number of fused-ring (bicyclic) bond motifs is 2. The fraction of sp³-hybridized carbons (Fsp3) is 0.389. The van der Waals surface area contributed by atoms with Crippen molar-refractivity contribution in [3.63, 3.8) is 0 Å². The first-order valence-corrected chi connectivity index (χ1v) is 9.33. The predicted octanol–water partition coefficient (Wildman–Crippen LogP) is 3.50. The molecule has 0 atom stereocenters. The van der Waals surface area contributed by atoms with Crippen molar-refractivity contribution >= 4 is 34.2 Å². The van der Waals surface area contributed by atoms with Crippen LogP contribution in [0.5, 0.6) is 0 Å². The molecule has 4 rings (SSSR count). The summed E-state index contributed by atoms with van der Waals surface area (Å²) in [4.78, 5) is 19.8. The second-order valence-corrected chi connectivity index (χ2v) is 7.68. The van der Waals surface area contributed by atoms with Crippen LogP contribution in [0.1, 0.15) is 31.3 Å². The Morgan fingerprint density at radius 3 is 2.73 bits per heavy atom. The van der Waals surface area contributed by atoms with E-state index in [0.717, 1.165) is 24.5 Å². The number of halogens is 2. The van der Waals surface area contributed by atoms with Gasteiger partial charge in [0.25, 0.3) is 5.56 Å². The summed E-state index contributed by atoms with van der Waals surface area (Å²) in [6.07, 6.45) is 1.63. The van der Waals surface area contributed by atoms with Crippen LogP contribution in [-0.4, -0.2) is 30.8 Å². The van der Waals surface area contributed by atoms with Gasteiger partial charge in [-0.1, -0.05) is 29.3 Å². The molecule has 3 aromatic rings. The summed E-state index contributed by atoms with van der Waals surface area (Å²) in [7, 11) is 0. The molecule has 3 heterocycles. The van der Waals surface area contributed by atoms with E-state index in [2.05, 4.69) is 10.00 Å². The molecule has 0 spiro atoms. The molecular weight excluding hydrogens is 373 g/mol. The molecule has 0 aliphatic carbocycles. The van der Waals surface area contributed by atoms with Gasteiger partial charge in [0.05, 0.1) is 22.8 Å². The average Bonchev–Trinajstić information content (AvgIpc) is 3.02. The first kappa shape index (κ1) is 17.5. The van der Waals surface area contributed by atoms with Crippen LogP contribution in [0.4, 0.5) is 0 Å². The van der Waals surface area contributed by atoms with Crippen molar-refractivity contribution in [2.45, 2.75) is 39.5 Å². The molecule has 1 aromatic carbocycles. The molecule has 136 valence electrons. The Morgan fingerprint density at radius 1 is 1.19 bits per heavy atom. The van der Waals surface area contributed by atoms with Crippen LogP contribution in [0.3, 0.4) is 0 Å². The van der Waals surface area contributed by atoms with Gasteiger partial charge in [0.1, 0.15) is 11.2 Å². The molecular formula is C18H19Cl2N5O. The lowest BCUT2D eigenvalue weighted by Crippen LogP contribution is -2.39. The Hall–Kier alpha value is -1.89. The maximum Gasteiger partial charge on any atom is 0.264 e. The third kappa shape index (κ3) is 3.02. The van der Waals surface area contributed by atoms with E-state index in [9.17, 15) is 4.79 Å². The molecule has 1 aliphatic heterocycles. The lowest BCUT2D eigenvalue weighted by Gasteiger charge is -2.29. The largest absolute Gasteiger partial charge is 0.294 e. The van der Waals surface area contributed by atoms with Crippen LogP contribution in [-0.2, 0) is 19.6 Å². The predicted molar refractivity (Wildman–Crippen MR) is 103 cm³/mol. The summed E-state index contributed by atoms with van der Waals surface area (Å²) in [5, 5.41) is 6.02. The number of rotatable bonds is 3. The minimum Gasteiger partial charge on any atom is -0.294 e. The number of nitrogens with zero attached hydrogens (tertiary/aromatic N) is 5. The zero-order valence-corrected chi connectivity index (χ0v) is 16.1. The van der Waals surface area contributed by atoms with E-state index < -0.39 is 0 Å². The Morgan fingerprint density at radius 2 is 2.00 bits per heavy atom. The van der Waals surface area contributed by atoms with E-state index in [4.69, 9.17) is 28.2 Å². The average molecular weight is 392 g/mol. The van der Waals surface area contributed by atoms with Crippen LogP contribution in [0, 0.1) is 0 Å². The van der Waals surface area contributed by atoms with Gasteiger partial charge >= 0.3 is 0 Å². The first-order chi connectivity index (χ1) is 12.4. The molecule has 0 saturated heterocycles. The summed E-state index contributed by atoms with van der Waals surface area (Å²) < 4.78 is 3.56. The van der Waals surface area contributed by atoms with Crippen molar-refractivity contribution in [1.82, 2.24) is 24.2 Å². The third-order valence-corrected chi connectivity index (χ3v) is 5.41. The highest BCUT2D eigenvalue weighted by molar-refractivity contribution is 6.42. The smallest absolute Gasteiger partial charge is 0.264 e. The topological polar surface area (TPSA) is 56.0 Å². The van der Waals surface area contributed by atoms with E-state index in [1.807, 2.05) is 32.0 Å². The molecule has 26 heavy (non-hydrogen) atoms. The van der Waals surface area contributed by atoms with Crippen LogP contribution < -0.4 is 5.56 Å².